The molecule has 0 aliphatic heterocycles. The highest BCUT2D eigenvalue weighted by Crippen LogP contribution is 2.25. The van der Waals surface area contributed by atoms with Gasteiger partial charge in [-0.2, -0.15) is 4.98 Å². The van der Waals surface area contributed by atoms with Crippen molar-refractivity contribution in [3.8, 4) is 0 Å². The lowest BCUT2D eigenvalue weighted by Gasteiger charge is -2.07. The average molecular weight is 373 g/mol. The molecule has 3 N–H and O–H groups in total. The van der Waals surface area contributed by atoms with E-state index in [4.69, 9.17) is 28.9 Å². The van der Waals surface area contributed by atoms with Gasteiger partial charge in [-0.15, -0.1) is 0 Å². The highest BCUT2D eigenvalue weighted by atomic mass is 35.5. The van der Waals surface area contributed by atoms with E-state index in [0.29, 0.717) is 11.3 Å². The van der Waals surface area contributed by atoms with E-state index < -0.39 is 10.0 Å². The van der Waals surface area contributed by atoms with E-state index >= 15 is 0 Å². The summed E-state index contributed by atoms with van der Waals surface area (Å²) >= 11 is 11.7. The van der Waals surface area contributed by atoms with Gasteiger partial charge in [-0.1, -0.05) is 11.6 Å². The molecule has 0 aliphatic carbocycles. The maximum Gasteiger partial charge on any atom is 0.264 e. The van der Waals surface area contributed by atoms with Gasteiger partial charge in [-0.05, 0) is 35.9 Å². The lowest BCUT2D eigenvalue weighted by atomic mass is 10.3. The van der Waals surface area contributed by atoms with Crippen LogP contribution in [0.2, 0.25) is 10.4 Å². The molecule has 23 heavy (non-hydrogen) atoms. The summed E-state index contributed by atoms with van der Waals surface area (Å²) in [6, 6.07) is 5.77. The van der Waals surface area contributed by atoms with Crippen LogP contribution in [0, 0.1) is 0 Å². The van der Waals surface area contributed by atoms with Crippen LogP contribution >= 0.6 is 23.2 Å². The summed E-state index contributed by atoms with van der Waals surface area (Å²) in [7, 11) is -2.26. The Morgan fingerprint density at radius 1 is 1.13 bits per heavy atom. The number of nitrogens with zero attached hydrogens (tertiary/aromatic N) is 4. The van der Waals surface area contributed by atoms with Crippen molar-refractivity contribution in [1.82, 2.24) is 19.5 Å². The number of nitrogen functional groups attached to an aromatic ring is 1. The number of anilines is 2. The lowest BCUT2D eigenvalue weighted by molar-refractivity contribution is 0.600. The van der Waals surface area contributed by atoms with Crippen LogP contribution in [0.1, 0.15) is 0 Å². The Hall–Kier alpha value is -2.10. The fourth-order valence-corrected chi connectivity index (χ4v) is 3.37. The molecule has 0 atom stereocenters. The van der Waals surface area contributed by atoms with Crippen molar-refractivity contribution in [2.24, 2.45) is 7.05 Å². The number of rotatable bonds is 3. The Morgan fingerprint density at radius 3 is 2.43 bits per heavy atom. The SMILES string of the molecule is Cn1c(NS(=O)(=O)c2ccc(N)cc2)nc2c(Cl)nc(Cl)nc21. The standard InChI is InChI=1S/C12H10Cl2N6O2S/c1-20-10-8(9(13)17-11(14)18-10)16-12(20)19-23(21,22)7-4-2-6(15)3-5-7/h2-5H,15H2,1H3,(H,16,19). The zero-order valence-corrected chi connectivity index (χ0v) is 14.0. The molecule has 2 heterocycles. The number of nitrogens with two attached hydrogens (primary N) is 1. The van der Waals surface area contributed by atoms with Gasteiger partial charge < -0.3 is 5.73 Å². The first kappa shape index (κ1) is 15.8. The second kappa shape index (κ2) is 5.52. The molecule has 8 nitrogen and oxygen atoms in total. The Labute approximate surface area is 141 Å². The first-order valence-electron chi connectivity index (χ1n) is 6.22. The van der Waals surface area contributed by atoms with Crippen LogP contribution in [0.3, 0.4) is 0 Å². The van der Waals surface area contributed by atoms with E-state index in [9.17, 15) is 8.42 Å². The summed E-state index contributed by atoms with van der Waals surface area (Å²) in [6.07, 6.45) is 0. The normalized spacial score (nSPS) is 11.8. The number of benzene rings is 1. The number of imidazole rings is 1. The summed E-state index contributed by atoms with van der Waals surface area (Å²) in [4.78, 5) is 11.9. The van der Waals surface area contributed by atoms with Crippen LogP contribution in [0.25, 0.3) is 11.2 Å². The molecule has 120 valence electrons. The molecule has 3 rings (SSSR count). The molecule has 0 saturated heterocycles. The number of hydrogen-bond donors (Lipinski definition) is 2. The molecule has 0 spiro atoms. The van der Waals surface area contributed by atoms with Gasteiger partial charge in [0.2, 0.25) is 11.2 Å². The maximum absolute atomic E-state index is 12.4. The molecular formula is C12H10Cl2N6O2S. The van der Waals surface area contributed by atoms with Gasteiger partial charge in [0.25, 0.3) is 10.0 Å². The van der Waals surface area contributed by atoms with Crippen molar-refractivity contribution in [2.75, 3.05) is 10.5 Å². The van der Waals surface area contributed by atoms with E-state index in [0.717, 1.165) is 0 Å². The third-order valence-corrected chi connectivity index (χ3v) is 4.84. The second-order valence-corrected chi connectivity index (χ2v) is 7.00. The van der Waals surface area contributed by atoms with Gasteiger partial charge in [0.15, 0.2) is 10.8 Å². The molecule has 1 aromatic carbocycles. The van der Waals surface area contributed by atoms with Crippen molar-refractivity contribution in [1.29, 1.82) is 0 Å². The van der Waals surface area contributed by atoms with Gasteiger partial charge >= 0.3 is 0 Å². The number of fused-ring (bicyclic) bond motifs is 1. The van der Waals surface area contributed by atoms with E-state index in [1.807, 2.05) is 0 Å². The Balaban J connectivity index is 2.06. The number of sulfonamides is 1. The lowest BCUT2D eigenvalue weighted by Crippen LogP contribution is -2.15. The van der Waals surface area contributed by atoms with Gasteiger partial charge in [-0.3, -0.25) is 4.57 Å². The molecule has 3 aromatic rings. The maximum atomic E-state index is 12.4. The van der Waals surface area contributed by atoms with Crippen LogP contribution in [-0.2, 0) is 17.1 Å². The van der Waals surface area contributed by atoms with Crippen LogP contribution in [0.15, 0.2) is 29.2 Å². The summed E-state index contributed by atoms with van der Waals surface area (Å²) < 4.78 is 28.6. The molecular weight excluding hydrogens is 363 g/mol. The highest BCUT2D eigenvalue weighted by molar-refractivity contribution is 7.92. The Morgan fingerprint density at radius 2 is 1.78 bits per heavy atom. The van der Waals surface area contributed by atoms with Crippen molar-refractivity contribution in [3.63, 3.8) is 0 Å². The fraction of sp³-hybridized carbons (Fsp3) is 0.0833. The molecule has 0 fully saturated rings. The first-order valence-corrected chi connectivity index (χ1v) is 8.45. The van der Waals surface area contributed by atoms with E-state index in [-0.39, 0.29) is 26.8 Å². The van der Waals surface area contributed by atoms with Gasteiger partial charge in [0, 0.05) is 12.7 Å². The quantitative estimate of drug-likeness (QED) is 0.412. The Bertz CT molecular complexity index is 1000. The number of hydrogen-bond acceptors (Lipinski definition) is 6. The minimum Gasteiger partial charge on any atom is -0.399 e. The summed E-state index contributed by atoms with van der Waals surface area (Å²) in [5, 5.41) is -0.0213. The van der Waals surface area contributed by atoms with Gasteiger partial charge in [0.1, 0.15) is 5.52 Å². The van der Waals surface area contributed by atoms with Crippen LogP contribution < -0.4 is 10.5 Å². The topological polar surface area (TPSA) is 116 Å². The molecule has 0 amide bonds. The largest absolute Gasteiger partial charge is 0.399 e. The zero-order chi connectivity index (χ0) is 16.8. The smallest absolute Gasteiger partial charge is 0.264 e. The minimum atomic E-state index is -3.84. The fourth-order valence-electron chi connectivity index (χ4n) is 1.92. The van der Waals surface area contributed by atoms with Gasteiger partial charge in [0.05, 0.1) is 4.90 Å². The molecule has 11 heteroatoms. The highest BCUT2D eigenvalue weighted by Gasteiger charge is 2.20. The molecule has 2 aromatic heterocycles. The Kier molecular flexibility index (Phi) is 3.78. The van der Waals surface area contributed by atoms with Gasteiger partial charge in [-0.25, -0.2) is 23.1 Å². The first-order chi connectivity index (χ1) is 10.8. The summed E-state index contributed by atoms with van der Waals surface area (Å²) in [5.41, 5.74) is 6.57. The van der Waals surface area contributed by atoms with Crippen LogP contribution in [0.5, 0.6) is 0 Å². The summed E-state index contributed by atoms with van der Waals surface area (Å²) in [6.45, 7) is 0. The summed E-state index contributed by atoms with van der Waals surface area (Å²) in [5.74, 6) is 0.0373. The zero-order valence-electron chi connectivity index (χ0n) is 11.7. The molecule has 0 saturated carbocycles. The molecule has 0 aliphatic rings. The number of halogens is 2. The van der Waals surface area contributed by atoms with E-state index in [1.54, 1.807) is 7.05 Å². The third-order valence-electron chi connectivity index (χ3n) is 3.06. The predicted molar refractivity (Wildman–Crippen MR) is 88.0 cm³/mol. The number of nitrogens with one attached hydrogen (secondary N) is 1. The van der Waals surface area contributed by atoms with Crippen molar-refractivity contribution < 1.29 is 8.42 Å². The predicted octanol–water partition coefficient (Wildman–Crippen LogP) is 2.05. The minimum absolute atomic E-state index is 0.0357. The average Bonchev–Trinajstić information content (AvgIpc) is 2.77. The van der Waals surface area contributed by atoms with E-state index in [2.05, 4.69) is 19.7 Å². The van der Waals surface area contributed by atoms with E-state index in [1.165, 1.54) is 28.8 Å². The third kappa shape index (κ3) is 2.90. The molecule has 0 unspecified atom stereocenters. The van der Waals surface area contributed by atoms with Crippen molar-refractivity contribution >= 4 is 56.0 Å². The number of aryl methyl sites for hydroxylation is 1. The number of aromatic nitrogens is 4. The molecule has 0 radical (unpaired) electrons. The van der Waals surface area contributed by atoms with Crippen LogP contribution in [-0.4, -0.2) is 27.9 Å². The monoisotopic (exact) mass is 372 g/mol. The van der Waals surface area contributed by atoms with Crippen molar-refractivity contribution in [3.05, 3.63) is 34.7 Å². The molecule has 0 bridgehead atoms. The second-order valence-electron chi connectivity index (χ2n) is 4.62. The van der Waals surface area contributed by atoms with Crippen molar-refractivity contribution in [2.45, 2.75) is 4.90 Å². The van der Waals surface area contributed by atoms with Crippen LogP contribution in [0.4, 0.5) is 11.6 Å².